The zero-order valence-electron chi connectivity index (χ0n) is 38.4. The quantitative estimate of drug-likeness (QED) is 0.0708. The molecule has 2 aliphatic rings. The summed E-state index contributed by atoms with van der Waals surface area (Å²) < 4.78 is 0. The normalized spacial score (nSPS) is 22.2. The molecule has 0 N–H and O–H groups in total. The number of piperidine rings is 2. The Morgan fingerprint density at radius 2 is 0.692 bits per heavy atom. The Bertz CT molecular complexity index is 849. The molecule has 52 heavy (non-hydrogen) atoms. The van der Waals surface area contributed by atoms with Crippen LogP contribution in [0.3, 0.4) is 0 Å². The van der Waals surface area contributed by atoms with E-state index in [0.717, 1.165) is 23.7 Å². The molecule has 0 aromatic rings. The van der Waals surface area contributed by atoms with Crippen molar-refractivity contribution in [2.75, 3.05) is 14.1 Å². The van der Waals surface area contributed by atoms with Crippen molar-refractivity contribution in [1.82, 2.24) is 9.80 Å². The Kier molecular flexibility index (Phi) is 22.7. The van der Waals surface area contributed by atoms with E-state index < -0.39 is 0 Å². The second-order valence-corrected chi connectivity index (χ2v) is 21.5. The standard InChI is InChI=1S/C50H100N2/c1-13-15-17-19-21-23-25-27-29-31-33-35-37-46(45-41-49(7,8)52(12)50(9,10)42-45)44(36-34-32-30-28-26-24-22-20-18-16-14-2)38-43-39-47(3,4)51(11)48(5,6)40-43/h43-46H,13-42H2,1-12H3. The Hall–Kier alpha value is -0.0800. The van der Waals surface area contributed by atoms with E-state index in [-0.39, 0.29) is 22.2 Å². The Morgan fingerprint density at radius 1 is 0.404 bits per heavy atom. The summed E-state index contributed by atoms with van der Waals surface area (Å²) in [5.74, 6) is 3.50. The topological polar surface area (TPSA) is 6.48 Å². The first-order chi connectivity index (χ1) is 24.6. The first-order valence-electron chi connectivity index (χ1n) is 24.0. The van der Waals surface area contributed by atoms with Gasteiger partial charge in [-0.25, -0.2) is 0 Å². The molecule has 2 nitrogen and oxygen atoms in total. The fourth-order valence-corrected chi connectivity index (χ4v) is 11.6. The molecule has 2 atom stereocenters. The van der Waals surface area contributed by atoms with E-state index >= 15 is 0 Å². The molecule has 0 aromatic heterocycles. The lowest BCUT2D eigenvalue weighted by Crippen LogP contribution is -2.60. The van der Waals surface area contributed by atoms with E-state index in [9.17, 15) is 0 Å². The van der Waals surface area contributed by atoms with Gasteiger partial charge in [0.2, 0.25) is 0 Å². The van der Waals surface area contributed by atoms with Crippen LogP contribution in [0.4, 0.5) is 0 Å². The largest absolute Gasteiger partial charge is 0.296 e. The van der Waals surface area contributed by atoms with Crippen LogP contribution < -0.4 is 0 Å². The number of rotatable bonds is 29. The van der Waals surface area contributed by atoms with Gasteiger partial charge in [-0.05, 0) is 132 Å². The molecule has 0 saturated carbocycles. The smallest absolute Gasteiger partial charge is 0.0158 e. The van der Waals surface area contributed by atoms with E-state index in [2.05, 4.69) is 93.1 Å². The molecule has 0 aromatic carbocycles. The number of hydrogen-bond donors (Lipinski definition) is 0. The zero-order valence-corrected chi connectivity index (χ0v) is 38.4. The monoisotopic (exact) mass is 729 g/mol. The minimum absolute atomic E-state index is 0.278. The first-order valence-corrected chi connectivity index (χ1v) is 24.0. The van der Waals surface area contributed by atoms with E-state index in [1.165, 1.54) is 193 Å². The van der Waals surface area contributed by atoms with Gasteiger partial charge in [-0.15, -0.1) is 0 Å². The second-order valence-electron chi connectivity index (χ2n) is 21.5. The van der Waals surface area contributed by atoms with Crippen molar-refractivity contribution in [1.29, 1.82) is 0 Å². The third-order valence-corrected chi connectivity index (χ3v) is 15.1. The molecule has 0 bridgehead atoms. The minimum Gasteiger partial charge on any atom is -0.296 e. The molecule has 0 radical (unpaired) electrons. The molecule has 2 aliphatic heterocycles. The molecule has 2 saturated heterocycles. The fourth-order valence-electron chi connectivity index (χ4n) is 11.6. The van der Waals surface area contributed by atoms with E-state index in [1.54, 1.807) is 0 Å². The highest BCUT2D eigenvalue weighted by Gasteiger charge is 2.48. The summed E-state index contributed by atoms with van der Waals surface area (Å²) in [6, 6.07) is 0. The highest BCUT2D eigenvalue weighted by atomic mass is 15.2. The fraction of sp³-hybridized carbons (Fsp3) is 1.00. The lowest BCUT2D eigenvalue weighted by molar-refractivity contribution is -0.0624. The lowest BCUT2D eigenvalue weighted by atomic mass is 9.62. The van der Waals surface area contributed by atoms with Crippen molar-refractivity contribution in [3.05, 3.63) is 0 Å². The Balaban J connectivity index is 2.11. The van der Waals surface area contributed by atoms with Crippen LogP contribution in [-0.2, 0) is 0 Å². The van der Waals surface area contributed by atoms with Crippen molar-refractivity contribution in [3.63, 3.8) is 0 Å². The average molecular weight is 729 g/mol. The van der Waals surface area contributed by atoms with Crippen molar-refractivity contribution < 1.29 is 0 Å². The summed E-state index contributed by atoms with van der Waals surface area (Å²) in [4.78, 5) is 5.44. The van der Waals surface area contributed by atoms with Gasteiger partial charge in [0.25, 0.3) is 0 Å². The van der Waals surface area contributed by atoms with Gasteiger partial charge in [-0.2, -0.15) is 0 Å². The maximum absolute atomic E-state index is 2.73. The molecule has 2 rings (SSSR count). The molecule has 2 heteroatoms. The van der Waals surface area contributed by atoms with Crippen LogP contribution in [0.1, 0.15) is 262 Å². The van der Waals surface area contributed by atoms with E-state index in [0.29, 0.717) is 0 Å². The van der Waals surface area contributed by atoms with Crippen molar-refractivity contribution in [3.8, 4) is 0 Å². The van der Waals surface area contributed by atoms with E-state index in [4.69, 9.17) is 0 Å². The van der Waals surface area contributed by atoms with Crippen molar-refractivity contribution in [2.24, 2.45) is 23.7 Å². The number of hydrogen-bond acceptors (Lipinski definition) is 2. The third-order valence-electron chi connectivity index (χ3n) is 15.1. The lowest BCUT2D eigenvalue weighted by Gasteiger charge is -2.57. The molecule has 310 valence electrons. The maximum Gasteiger partial charge on any atom is 0.0158 e. The van der Waals surface area contributed by atoms with Gasteiger partial charge < -0.3 is 0 Å². The van der Waals surface area contributed by atoms with Crippen molar-refractivity contribution in [2.45, 2.75) is 284 Å². The van der Waals surface area contributed by atoms with Crippen LogP contribution in [-0.4, -0.2) is 46.1 Å². The van der Waals surface area contributed by atoms with Gasteiger partial charge in [0, 0.05) is 22.2 Å². The number of unbranched alkanes of at least 4 members (excludes halogenated alkanes) is 21. The molecule has 2 heterocycles. The van der Waals surface area contributed by atoms with Crippen LogP contribution in [0, 0.1) is 23.7 Å². The summed E-state index contributed by atoms with van der Waals surface area (Å²) >= 11 is 0. The molecule has 2 fully saturated rings. The van der Waals surface area contributed by atoms with Crippen LogP contribution in [0.25, 0.3) is 0 Å². The Labute approximate surface area is 330 Å². The molecular weight excluding hydrogens is 629 g/mol. The number of likely N-dealkylation sites (tertiary alicyclic amines) is 2. The van der Waals surface area contributed by atoms with Crippen LogP contribution in [0.2, 0.25) is 0 Å². The minimum atomic E-state index is 0.278. The SMILES string of the molecule is CCCCCCCCCCCCCCC(C(CCCCCCCCCCCCC)CC1CC(C)(C)N(C)C(C)(C)C1)C1CC(C)(C)N(C)C(C)(C)C1. The molecular formula is C50H100N2. The van der Waals surface area contributed by atoms with Gasteiger partial charge in [0.05, 0.1) is 0 Å². The van der Waals surface area contributed by atoms with Crippen LogP contribution in [0.15, 0.2) is 0 Å². The second kappa shape index (κ2) is 24.5. The van der Waals surface area contributed by atoms with Gasteiger partial charge in [0.1, 0.15) is 0 Å². The summed E-state index contributed by atoms with van der Waals surface area (Å²) in [5, 5.41) is 0. The summed E-state index contributed by atoms with van der Waals surface area (Å²) in [7, 11) is 4.82. The molecule has 2 unspecified atom stereocenters. The molecule has 0 aliphatic carbocycles. The summed E-state index contributed by atoms with van der Waals surface area (Å²) in [5.41, 5.74) is 1.13. The van der Waals surface area contributed by atoms with Gasteiger partial charge in [-0.3, -0.25) is 9.80 Å². The average Bonchev–Trinajstić information content (AvgIpc) is 3.06. The Morgan fingerprint density at radius 3 is 1.04 bits per heavy atom. The predicted molar refractivity (Wildman–Crippen MR) is 236 cm³/mol. The third kappa shape index (κ3) is 17.4. The van der Waals surface area contributed by atoms with Gasteiger partial charge >= 0.3 is 0 Å². The summed E-state index contributed by atoms with van der Waals surface area (Å²) in [6.45, 7) is 25.0. The molecule has 0 spiro atoms. The van der Waals surface area contributed by atoms with Gasteiger partial charge in [-0.1, -0.05) is 168 Å². The van der Waals surface area contributed by atoms with Crippen molar-refractivity contribution >= 4 is 0 Å². The van der Waals surface area contributed by atoms with E-state index in [1.807, 2.05) is 0 Å². The summed E-state index contributed by atoms with van der Waals surface area (Å²) in [6.07, 6.45) is 43.4. The van der Waals surface area contributed by atoms with Gasteiger partial charge in [0.15, 0.2) is 0 Å². The van der Waals surface area contributed by atoms with Crippen LogP contribution in [0.5, 0.6) is 0 Å². The maximum atomic E-state index is 2.73. The first kappa shape index (κ1) is 48.1. The highest BCUT2D eigenvalue weighted by Crippen LogP contribution is 2.50. The molecule has 0 amide bonds. The zero-order chi connectivity index (χ0) is 38.7. The predicted octanol–water partition coefficient (Wildman–Crippen LogP) is 16.2. The highest BCUT2D eigenvalue weighted by molar-refractivity contribution is 5.02. The van der Waals surface area contributed by atoms with Crippen LogP contribution >= 0.6 is 0 Å². The number of nitrogens with zero attached hydrogens (tertiary/aromatic N) is 2.